The summed E-state index contributed by atoms with van der Waals surface area (Å²) < 4.78 is 12.9. The molecule has 0 saturated carbocycles. The second-order valence-corrected chi connectivity index (χ2v) is 5.71. The molecule has 7 heteroatoms. The zero-order valence-electron chi connectivity index (χ0n) is 15.3. The van der Waals surface area contributed by atoms with Gasteiger partial charge in [-0.05, 0) is 26.0 Å². The fourth-order valence-corrected chi connectivity index (χ4v) is 2.25. The Labute approximate surface area is 149 Å². The van der Waals surface area contributed by atoms with Crippen LogP contribution in [0.1, 0.15) is 19.4 Å². The molecule has 0 saturated heterocycles. The summed E-state index contributed by atoms with van der Waals surface area (Å²) in [5.74, 6) is 2.32. The van der Waals surface area contributed by atoms with Crippen molar-refractivity contribution < 1.29 is 9.47 Å². The summed E-state index contributed by atoms with van der Waals surface area (Å²) in [6.07, 6.45) is 3.76. The Bertz CT molecular complexity index is 684. The van der Waals surface area contributed by atoms with Crippen molar-refractivity contribution in [1.29, 1.82) is 0 Å². The smallest absolute Gasteiger partial charge is 0.191 e. The minimum Gasteiger partial charge on any atom is -0.497 e. The molecule has 7 nitrogen and oxygen atoms in total. The molecule has 2 rings (SSSR count). The zero-order valence-corrected chi connectivity index (χ0v) is 15.3. The highest BCUT2D eigenvalue weighted by molar-refractivity contribution is 5.79. The Morgan fingerprint density at radius 3 is 2.80 bits per heavy atom. The standard InChI is InChI=1S/C18H27N5O2/c1-5-19-18(21-11-15-12-22-23(3)13-15)20-10-14(2)25-17-8-6-7-16(9-17)24-4/h6-9,12-14H,5,10-11H2,1-4H3,(H2,19,20,21). The molecule has 1 aromatic carbocycles. The van der Waals surface area contributed by atoms with E-state index in [1.165, 1.54) is 0 Å². The van der Waals surface area contributed by atoms with E-state index in [1.54, 1.807) is 11.8 Å². The summed E-state index contributed by atoms with van der Waals surface area (Å²) in [5, 5.41) is 10.7. The Morgan fingerprint density at radius 2 is 2.12 bits per heavy atom. The number of aryl methyl sites for hydroxylation is 1. The first-order valence-electron chi connectivity index (χ1n) is 8.41. The number of rotatable bonds is 8. The second-order valence-electron chi connectivity index (χ2n) is 5.71. The molecule has 0 aliphatic heterocycles. The van der Waals surface area contributed by atoms with E-state index < -0.39 is 0 Å². The summed E-state index contributed by atoms with van der Waals surface area (Å²) >= 11 is 0. The highest BCUT2D eigenvalue weighted by Gasteiger charge is 2.07. The lowest BCUT2D eigenvalue weighted by atomic mass is 10.3. The third-order valence-corrected chi connectivity index (χ3v) is 3.46. The summed E-state index contributed by atoms with van der Waals surface area (Å²) in [4.78, 5) is 4.57. The predicted octanol–water partition coefficient (Wildman–Crippen LogP) is 1.95. The minimum atomic E-state index is -0.0191. The van der Waals surface area contributed by atoms with Crippen LogP contribution in [0, 0.1) is 0 Å². The van der Waals surface area contributed by atoms with Crippen molar-refractivity contribution in [1.82, 2.24) is 20.4 Å². The monoisotopic (exact) mass is 345 g/mol. The SMILES string of the molecule is CCNC(=NCc1cnn(C)c1)NCC(C)Oc1cccc(OC)c1. The van der Waals surface area contributed by atoms with Crippen LogP contribution in [0.2, 0.25) is 0 Å². The molecule has 136 valence electrons. The third-order valence-electron chi connectivity index (χ3n) is 3.46. The lowest BCUT2D eigenvalue weighted by molar-refractivity contribution is 0.223. The van der Waals surface area contributed by atoms with E-state index in [9.17, 15) is 0 Å². The zero-order chi connectivity index (χ0) is 18.1. The van der Waals surface area contributed by atoms with E-state index in [0.717, 1.165) is 29.6 Å². The summed E-state index contributed by atoms with van der Waals surface area (Å²) in [6.45, 7) is 6.06. The van der Waals surface area contributed by atoms with Gasteiger partial charge in [-0.25, -0.2) is 4.99 Å². The van der Waals surface area contributed by atoms with Crippen molar-refractivity contribution in [2.24, 2.45) is 12.0 Å². The summed E-state index contributed by atoms with van der Waals surface area (Å²) in [7, 11) is 3.54. The molecule has 1 atom stereocenters. The van der Waals surface area contributed by atoms with Gasteiger partial charge in [-0.3, -0.25) is 4.68 Å². The maximum atomic E-state index is 5.91. The molecule has 0 spiro atoms. The maximum Gasteiger partial charge on any atom is 0.191 e. The maximum absolute atomic E-state index is 5.91. The number of guanidine groups is 1. The van der Waals surface area contributed by atoms with Crippen LogP contribution in [0.5, 0.6) is 11.5 Å². The lowest BCUT2D eigenvalue weighted by Crippen LogP contribution is -2.41. The quantitative estimate of drug-likeness (QED) is 0.565. The largest absolute Gasteiger partial charge is 0.497 e. The van der Waals surface area contributed by atoms with Gasteiger partial charge in [-0.15, -0.1) is 0 Å². The number of ether oxygens (including phenoxy) is 2. The van der Waals surface area contributed by atoms with Gasteiger partial charge in [0.15, 0.2) is 5.96 Å². The van der Waals surface area contributed by atoms with Crippen molar-refractivity contribution in [2.75, 3.05) is 20.2 Å². The Morgan fingerprint density at radius 1 is 1.32 bits per heavy atom. The predicted molar refractivity (Wildman–Crippen MR) is 99.1 cm³/mol. The molecule has 0 bridgehead atoms. The van der Waals surface area contributed by atoms with Crippen molar-refractivity contribution in [2.45, 2.75) is 26.5 Å². The Balaban J connectivity index is 1.86. The molecule has 0 amide bonds. The molecule has 0 aliphatic rings. The van der Waals surface area contributed by atoms with Gasteiger partial charge in [-0.1, -0.05) is 6.07 Å². The van der Waals surface area contributed by atoms with Gasteiger partial charge in [-0.2, -0.15) is 5.10 Å². The molecule has 0 radical (unpaired) electrons. The topological polar surface area (TPSA) is 72.7 Å². The van der Waals surface area contributed by atoms with Gasteiger partial charge in [0, 0.05) is 31.4 Å². The highest BCUT2D eigenvalue weighted by Crippen LogP contribution is 2.19. The molecule has 1 unspecified atom stereocenters. The van der Waals surface area contributed by atoms with Gasteiger partial charge in [0.25, 0.3) is 0 Å². The number of aromatic nitrogens is 2. The van der Waals surface area contributed by atoms with Crippen LogP contribution in [0.25, 0.3) is 0 Å². The van der Waals surface area contributed by atoms with E-state index in [4.69, 9.17) is 9.47 Å². The van der Waals surface area contributed by atoms with E-state index >= 15 is 0 Å². The van der Waals surface area contributed by atoms with Crippen LogP contribution >= 0.6 is 0 Å². The number of nitrogens with one attached hydrogen (secondary N) is 2. The van der Waals surface area contributed by atoms with Crippen molar-refractivity contribution in [3.63, 3.8) is 0 Å². The highest BCUT2D eigenvalue weighted by atomic mass is 16.5. The molecule has 2 aromatic rings. The van der Waals surface area contributed by atoms with Gasteiger partial charge < -0.3 is 20.1 Å². The Kier molecular flexibility index (Phi) is 7.13. The first-order chi connectivity index (χ1) is 12.1. The van der Waals surface area contributed by atoms with Gasteiger partial charge >= 0.3 is 0 Å². The van der Waals surface area contributed by atoms with Crippen LogP contribution in [-0.2, 0) is 13.6 Å². The fourth-order valence-electron chi connectivity index (χ4n) is 2.25. The summed E-state index contributed by atoms with van der Waals surface area (Å²) in [6, 6.07) is 7.59. The van der Waals surface area contributed by atoms with E-state index in [1.807, 2.05) is 57.6 Å². The second kappa shape index (κ2) is 9.56. The van der Waals surface area contributed by atoms with Gasteiger partial charge in [0.1, 0.15) is 17.6 Å². The summed E-state index contributed by atoms with van der Waals surface area (Å²) in [5.41, 5.74) is 1.07. The number of aliphatic imine (C=N–C) groups is 1. The van der Waals surface area contributed by atoms with Crippen LogP contribution < -0.4 is 20.1 Å². The number of methoxy groups -OCH3 is 1. The number of nitrogens with zero attached hydrogens (tertiary/aromatic N) is 3. The molecule has 25 heavy (non-hydrogen) atoms. The Hall–Kier alpha value is -2.70. The number of benzene rings is 1. The first kappa shape index (κ1) is 18.6. The third kappa shape index (κ3) is 6.37. The van der Waals surface area contributed by atoms with Crippen LogP contribution in [0.3, 0.4) is 0 Å². The van der Waals surface area contributed by atoms with Crippen molar-refractivity contribution >= 4 is 5.96 Å². The van der Waals surface area contributed by atoms with Gasteiger partial charge in [0.2, 0.25) is 0 Å². The fraction of sp³-hybridized carbons (Fsp3) is 0.444. The average Bonchev–Trinajstić information content (AvgIpc) is 3.03. The minimum absolute atomic E-state index is 0.0191. The van der Waals surface area contributed by atoms with Crippen LogP contribution in [0.15, 0.2) is 41.7 Å². The van der Waals surface area contributed by atoms with Gasteiger partial charge in [0.05, 0.1) is 26.4 Å². The first-order valence-corrected chi connectivity index (χ1v) is 8.41. The number of hydrogen-bond acceptors (Lipinski definition) is 4. The average molecular weight is 345 g/mol. The molecule has 0 fully saturated rings. The van der Waals surface area contributed by atoms with Crippen molar-refractivity contribution in [3.05, 3.63) is 42.2 Å². The normalized spacial score (nSPS) is 12.6. The molecular weight excluding hydrogens is 318 g/mol. The number of hydrogen-bond donors (Lipinski definition) is 2. The van der Waals surface area contributed by atoms with E-state index in [0.29, 0.717) is 13.1 Å². The molecule has 0 aliphatic carbocycles. The van der Waals surface area contributed by atoms with E-state index in [2.05, 4.69) is 20.7 Å². The lowest BCUT2D eigenvalue weighted by Gasteiger charge is -2.18. The van der Waals surface area contributed by atoms with Crippen LogP contribution in [0.4, 0.5) is 0 Å². The molecular formula is C18H27N5O2. The van der Waals surface area contributed by atoms with Crippen molar-refractivity contribution in [3.8, 4) is 11.5 Å². The molecule has 1 aromatic heterocycles. The van der Waals surface area contributed by atoms with Crippen LogP contribution in [-0.4, -0.2) is 42.0 Å². The van der Waals surface area contributed by atoms with E-state index in [-0.39, 0.29) is 6.10 Å². The molecule has 2 N–H and O–H groups in total. The molecule has 1 heterocycles.